The molecule has 1 saturated heterocycles. The third kappa shape index (κ3) is 2.74. The molecule has 1 amide bonds. The average molecular weight is 316 g/mol. The Morgan fingerprint density at radius 3 is 2.52 bits per heavy atom. The van der Waals surface area contributed by atoms with Gasteiger partial charge in [-0.1, -0.05) is 0 Å². The van der Waals surface area contributed by atoms with E-state index in [1.807, 2.05) is 6.92 Å². The highest BCUT2D eigenvalue weighted by Gasteiger charge is 2.25. The number of anilines is 1. The Balaban J connectivity index is 1.75. The van der Waals surface area contributed by atoms with Crippen LogP contribution in [0.3, 0.4) is 0 Å². The van der Waals surface area contributed by atoms with Gasteiger partial charge in [0.05, 0.1) is 11.8 Å². The smallest absolute Gasteiger partial charge is 0.289 e. The van der Waals surface area contributed by atoms with Crippen LogP contribution in [0.5, 0.6) is 0 Å². The third-order valence-corrected chi connectivity index (χ3v) is 4.31. The van der Waals surface area contributed by atoms with Crippen LogP contribution in [0.25, 0.3) is 0 Å². The summed E-state index contributed by atoms with van der Waals surface area (Å²) in [6.45, 7) is 6.06. The molecule has 23 heavy (non-hydrogen) atoms. The van der Waals surface area contributed by atoms with Gasteiger partial charge in [0.25, 0.3) is 11.5 Å². The minimum Gasteiger partial charge on any atom is -0.459 e. The van der Waals surface area contributed by atoms with Gasteiger partial charge in [0, 0.05) is 33.2 Å². The van der Waals surface area contributed by atoms with Gasteiger partial charge in [-0.25, -0.2) is 4.98 Å². The lowest BCUT2D eigenvalue weighted by atomic mass is 10.2. The number of hydrogen-bond acceptors (Lipinski definition) is 5. The van der Waals surface area contributed by atoms with Gasteiger partial charge in [0.1, 0.15) is 11.6 Å². The summed E-state index contributed by atoms with van der Waals surface area (Å²) in [5.74, 6) is 1.66. The number of aryl methyl sites for hydroxylation is 1. The number of furan rings is 1. The summed E-state index contributed by atoms with van der Waals surface area (Å²) in [6.07, 6.45) is 1.50. The highest BCUT2D eigenvalue weighted by atomic mass is 16.3. The van der Waals surface area contributed by atoms with Crippen LogP contribution >= 0.6 is 0 Å². The van der Waals surface area contributed by atoms with Crippen LogP contribution in [0.1, 0.15) is 21.9 Å². The van der Waals surface area contributed by atoms with E-state index in [0.717, 1.165) is 5.82 Å². The minimum atomic E-state index is -0.0977. The lowest BCUT2D eigenvalue weighted by Gasteiger charge is -2.35. The Labute approximate surface area is 134 Å². The molecular formula is C16H20N4O3. The molecule has 2 aromatic heterocycles. The second-order valence-corrected chi connectivity index (χ2v) is 5.73. The molecule has 3 heterocycles. The lowest BCUT2D eigenvalue weighted by Crippen LogP contribution is -2.49. The number of hydrogen-bond donors (Lipinski definition) is 0. The molecule has 7 heteroatoms. The summed E-state index contributed by atoms with van der Waals surface area (Å²) in [4.78, 5) is 32.8. The van der Waals surface area contributed by atoms with Gasteiger partial charge in [0.15, 0.2) is 5.76 Å². The molecule has 0 spiro atoms. The summed E-state index contributed by atoms with van der Waals surface area (Å²) >= 11 is 0. The topological polar surface area (TPSA) is 71.6 Å². The van der Waals surface area contributed by atoms with E-state index in [4.69, 9.17) is 4.42 Å². The summed E-state index contributed by atoms with van der Waals surface area (Å²) in [6, 6.07) is 3.38. The highest BCUT2D eigenvalue weighted by Crippen LogP contribution is 2.17. The molecule has 0 saturated carbocycles. The standard InChI is InChI=1S/C16H20N4O3/c1-11-14(17-12(2)18(3)15(11)21)19-6-8-20(9-7-19)16(22)13-5-4-10-23-13/h4-5,10H,6-9H2,1-3H3. The molecule has 1 fully saturated rings. The van der Waals surface area contributed by atoms with Crippen LogP contribution in [-0.4, -0.2) is 46.5 Å². The molecule has 0 bridgehead atoms. The maximum absolute atomic E-state index is 12.3. The Bertz CT molecular complexity index is 771. The first kappa shape index (κ1) is 15.3. The van der Waals surface area contributed by atoms with E-state index in [-0.39, 0.29) is 11.5 Å². The first-order valence-electron chi connectivity index (χ1n) is 7.61. The van der Waals surface area contributed by atoms with Gasteiger partial charge in [-0.3, -0.25) is 14.2 Å². The Hall–Kier alpha value is -2.57. The van der Waals surface area contributed by atoms with Crippen molar-refractivity contribution in [2.24, 2.45) is 7.05 Å². The fraction of sp³-hybridized carbons (Fsp3) is 0.438. The van der Waals surface area contributed by atoms with Crippen molar-refractivity contribution in [2.45, 2.75) is 13.8 Å². The zero-order chi connectivity index (χ0) is 16.6. The van der Waals surface area contributed by atoms with E-state index in [1.54, 1.807) is 35.6 Å². The SMILES string of the molecule is Cc1c(N2CCN(C(=O)c3ccco3)CC2)nc(C)n(C)c1=O. The molecule has 1 aliphatic heterocycles. The Kier molecular flexibility index (Phi) is 3.94. The maximum atomic E-state index is 12.3. The second-order valence-electron chi connectivity index (χ2n) is 5.73. The lowest BCUT2D eigenvalue weighted by molar-refractivity contribution is 0.0714. The van der Waals surface area contributed by atoms with Crippen molar-refractivity contribution >= 4 is 11.7 Å². The van der Waals surface area contributed by atoms with Crippen LogP contribution in [-0.2, 0) is 7.05 Å². The van der Waals surface area contributed by atoms with Gasteiger partial charge in [-0.15, -0.1) is 0 Å². The maximum Gasteiger partial charge on any atom is 0.289 e. The molecule has 0 atom stereocenters. The van der Waals surface area contributed by atoms with E-state index >= 15 is 0 Å². The number of nitrogens with zero attached hydrogens (tertiary/aromatic N) is 4. The Morgan fingerprint density at radius 1 is 1.22 bits per heavy atom. The monoisotopic (exact) mass is 316 g/mol. The number of amides is 1. The van der Waals surface area contributed by atoms with Gasteiger partial charge in [-0.05, 0) is 26.0 Å². The van der Waals surface area contributed by atoms with Crippen molar-refractivity contribution < 1.29 is 9.21 Å². The zero-order valence-corrected chi connectivity index (χ0v) is 13.6. The predicted octanol–water partition coefficient (Wildman–Crippen LogP) is 0.953. The van der Waals surface area contributed by atoms with Gasteiger partial charge in [0.2, 0.25) is 0 Å². The molecular weight excluding hydrogens is 296 g/mol. The molecule has 0 aliphatic carbocycles. The minimum absolute atomic E-state index is 0.0263. The quantitative estimate of drug-likeness (QED) is 0.825. The summed E-state index contributed by atoms with van der Waals surface area (Å²) in [5, 5.41) is 0. The Morgan fingerprint density at radius 2 is 1.91 bits per heavy atom. The number of aromatic nitrogens is 2. The number of rotatable bonds is 2. The molecule has 7 nitrogen and oxygen atoms in total. The van der Waals surface area contributed by atoms with Crippen molar-refractivity contribution in [1.29, 1.82) is 0 Å². The van der Waals surface area contributed by atoms with Crippen LogP contribution in [0.15, 0.2) is 27.6 Å². The summed E-state index contributed by atoms with van der Waals surface area (Å²) < 4.78 is 6.71. The second kappa shape index (κ2) is 5.91. The van der Waals surface area contributed by atoms with Crippen molar-refractivity contribution in [3.63, 3.8) is 0 Å². The number of carbonyl (C=O) groups is 1. The van der Waals surface area contributed by atoms with Crippen LogP contribution in [0, 0.1) is 13.8 Å². The normalized spacial score (nSPS) is 15.1. The van der Waals surface area contributed by atoms with E-state index in [2.05, 4.69) is 9.88 Å². The van der Waals surface area contributed by atoms with Crippen molar-refractivity contribution in [3.05, 3.63) is 45.9 Å². The van der Waals surface area contributed by atoms with Crippen molar-refractivity contribution in [3.8, 4) is 0 Å². The molecule has 0 radical (unpaired) electrons. The first-order valence-corrected chi connectivity index (χ1v) is 7.61. The van der Waals surface area contributed by atoms with Crippen LogP contribution in [0.4, 0.5) is 5.82 Å². The summed E-state index contributed by atoms with van der Waals surface area (Å²) in [7, 11) is 1.72. The van der Waals surface area contributed by atoms with Gasteiger partial charge >= 0.3 is 0 Å². The largest absolute Gasteiger partial charge is 0.459 e. The van der Waals surface area contributed by atoms with Crippen molar-refractivity contribution in [2.75, 3.05) is 31.1 Å². The molecule has 122 valence electrons. The average Bonchev–Trinajstić information content (AvgIpc) is 3.10. The highest BCUT2D eigenvalue weighted by molar-refractivity contribution is 5.91. The first-order chi connectivity index (χ1) is 11.0. The van der Waals surface area contributed by atoms with E-state index in [0.29, 0.717) is 43.3 Å². The molecule has 2 aromatic rings. The van der Waals surface area contributed by atoms with Crippen LogP contribution in [0.2, 0.25) is 0 Å². The van der Waals surface area contributed by atoms with E-state index in [1.165, 1.54) is 6.26 Å². The van der Waals surface area contributed by atoms with Crippen LogP contribution < -0.4 is 10.5 Å². The third-order valence-electron chi connectivity index (χ3n) is 4.31. The predicted molar refractivity (Wildman–Crippen MR) is 85.8 cm³/mol. The van der Waals surface area contributed by atoms with Gasteiger partial charge in [-0.2, -0.15) is 0 Å². The number of carbonyl (C=O) groups excluding carboxylic acids is 1. The fourth-order valence-electron chi connectivity index (χ4n) is 2.79. The molecule has 1 aliphatic rings. The molecule has 0 N–H and O–H groups in total. The molecule has 0 aromatic carbocycles. The molecule has 0 unspecified atom stereocenters. The van der Waals surface area contributed by atoms with Gasteiger partial charge < -0.3 is 14.2 Å². The molecule has 3 rings (SSSR count). The summed E-state index contributed by atoms with van der Waals surface area (Å²) in [5.41, 5.74) is 0.616. The number of piperazine rings is 1. The van der Waals surface area contributed by atoms with Crippen molar-refractivity contribution in [1.82, 2.24) is 14.5 Å². The van der Waals surface area contributed by atoms with E-state index < -0.39 is 0 Å². The fourth-order valence-corrected chi connectivity index (χ4v) is 2.79. The van der Waals surface area contributed by atoms with E-state index in [9.17, 15) is 9.59 Å². The zero-order valence-electron chi connectivity index (χ0n) is 13.6.